The molecule has 112 valence electrons. The Kier molecular flexibility index (Phi) is 5.35. The van der Waals surface area contributed by atoms with E-state index in [0.717, 1.165) is 23.9 Å². The highest BCUT2D eigenvalue weighted by atomic mass is 15.2. The molecule has 1 aromatic heterocycles. The van der Waals surface area contributed by atoms with Crippen LogP contribution in [0.25, 0.3) is 0 Å². The lowest BCUT2D eigenvalue weighted by atomic mass is 10.1. The van der Waals surface area contributed by atoms with Crippen molar-refractivity contribution in [3.8, 4) is 0 Å². The maximum atomic E-state index is 4.63. The van der Waals surface area contributed by atoms with Gasteiger partial charge in [-0.15, -0.1) is 0 Å². The van der Waals surface area contributed by atoms with Gasteiger partial charge in [0.2, 0.25) is 5.95 Å². The van der Waals surface area contributed by atoms with Gasteiger partial charge in [-0.05, 0) is 51.8 Å². The lowest BCUT2D eigenvalue weighted by Crippen LogP contribution is -2.38. The number of nitrogens with zero attached hydrogens (tertiary/aromatic N) is 3. The van der Waals surface area contributed by atoms with Crippen molar-refractivity contribution in [3.05, 3.63) is 17.5 Å². The highest BCUT2D eigenvalue weighted by molar-refractivity contribution is 5.30. The van der Waals surface area contributed by atoms with Crippen LogP contribution in [-0.2, 0) is 0 Å². The summed E-state index contributed by atoms with van der Waals surface area (Å²) in [7, 11) is 0. The molecular formula is C16H28N4. The van der Waals surface area contributed by atoms with Crippen molar-refractivity contribution >= 4 is 5.95 Å². The fourth-order valence-electron chi connectivity index (χ4n) is 2.75. The number of aromatic nitrogens is 2. The number of piperidine rings is 1. The first kappa shape index (κ1) is 15.2. The monoisotopic (exact) mass is 276 g/mol. The van der Waals surface area contributed by atoms with Gasteiger partial charge in [0.25, 0.3) is 0 Å². The molecule has 1 N–H and O–H groups in total. The van der Waals surface area contributed by atoms with Crippen LogP contribution in [0.2, 0.25) is 0 Å². The molecule has 1 unspecified atom stereocenters. The third-order valence-corrected chi connectivity index (χ3v) is 3.82. The summed E-state index contributed by atoms with van der Waals surface area (Å²) in [5.41, 5.74) is 2.15. The molecule has 4 heteroatoms. The molecule has 2 rings (SSSR count). The second-order valence-corrected chi connectivity index (χ2v) is 6.32. The molecule has 1 aliphatic rings. The van der Waals surface area contributed by atoms with Crippen LogP contribution in [0.1, 0.15) is 57.3 Å². The quantitative estimate of drug-likeness (QED) is 0.896. The summed E-state index contributed by atoms with van der Waals surface area (Å²) < 4.78 is 0. The van der Waals surface area contributed by atoms with E-state index >= 15 is 0 Å². The van der Waals surface area contributed by atoms with Crippen molar-refractivity contribution in [2.24, 2.45) is 0 Å². The summed E-state index contributed by atoms with van der Waals surface area (Å²) in [5.74, 6) is 1.22. The zero-order valence-electron chi connectivity index (χ0n) is 13.3. The van der Waals surface area contributed by atoms with E-state index in [1.807, 2.05) is 6.92 Å². The molecule has 0 saturated carbocycles. The van der Waals surface area contributed by atoms with E-state index in [2.05, 4.69) is 47.0 Å². The minimum absolute atomic E-state index is 0.384. The third-order valence-electron chi connectivity index (χ3n) is 3.82. The molecule has 0 bridgehead atoms. The van der Waals surface area contributed by atoms with Crippen LogP contribution < -0.4 is 5.32 Å². The Balaban J connectivity index is 1.94. The van der Waals surface area contributed by atoms with Crippen LogP contribution in [0.3, 0.4) is 0 Å². The number of nitrogens with one attached hydrogen (secondary N) is 1. The van der Waals surface area contributed by atoms with Crippen molar-refractivity contribution in [1.82, 2.24) is 14.9 Å². The summed E-state index contributed by atoms with van der Waals surface area (Å²) >= 11 is 0. The normalized spacial score (nSPS) is 18.2. The van der Waals surface area contributed by atoms with Crippen molar-refractivity contribution in [3.63, 3.8) is 0 Å². The minimum Gasteiger partial charge on any atom is -0.350 e. The van der Waals surface area contributed by atoms with Gasteiger partial charge in [0.15, 0.2) is 0 Å². The lowest BCUT2D eigenvalue weighted by molar-refractivity contribution is 0.223. The number of likely N-dealkylation sites (tertiary alicyclic amines) is 1. The van der Waals surface area contributed by atoms with Gasteiger partial charge >= 0.3 is 0 Å². The highest BCUT2D eigenvalue weighted by Crippen LogP contribution is 2.15. The molecule has 1 atom stereocenters. The van der Waals surface area contributed by atoms with Crippen LogP contribution in [0, 0.1) is 6.92 Å². The molecule has 1 fully saturated rings. The molecule has 0 spiro atoms. The average molecular weight is 276 g/mol. The van der Waals surface area contributed by atoms with Gasteiger partial charge in [0, 0.05) is 24.0 Å². The Morgan fingerprint density at radius 3 is 2.50 bits per heavy atom. The first-order valence-corrected chi connectivity index (χ1v) is 7.89. The minimum atomic E-state index is 0.384. The molecule has 20 heavy (non-hydrogen) atoms. The zero-order valence-corrected chi connectivity index (χ0v) is 13.3. The second-order valence-electron chi connectivity index (χ2n) is 6.32. The fourth-order valence-corrected chi connectivity index (χ4v) is 2.75. The standard InChI is InChI=1S/C16H28N4/c1-12(2)15-10-13(3)17-16(19-15)18-14(4)11-20-8-6-5-7-9-20/h10,12,14H,5-9,11H2,1-4H3,(H,17,18,19). The first-order valence-electron chi connectivity index (χ1n) is 7.89. The molecule has 1 aliphatic heterocycles. The van der Waals surface area contributed by atoms with Crippen molar-refractivity contribution in [1.29, 1.82) is 0 Å². The topological polar surface area (TPSA) is 41.1 Å². The molecule has 2 heterocycles. The van der Waals surface area contributed by atoms with Gasteiger partial charge in [-0.3, -0.25) is 0 Å². The highest BCUT2D eigenvalue weighted by Gasteiger charge is 2.14. The van der Waals surface area contributed by atoms with E-state index < -0.39 is 0 Å². The summed E-state index contributed by atoms with van der Waals surface area (Å²) in [4.78, 5) is 11.7. The molecule has 1 saturated heterocycles. The van der Waals surface area contributed by atoms with Gasteiger partial charge in [-0.1, -0.05) is 20.3 Å². The van der Waals surface area contributed by atoms with Gasteiger partial charge in [0.1, 0.15) is 0 Å². The first-order chi connectivity index (χ1) is 9.54. The Morgan fingerprint density at radius 1 is 1.15 bits per heavy atom. The summed E-state index contributed by atoms with van der Waals surface area (Å²) in [5, 5.41) is 3.46. The van der Waals surface area contributed by atoms with Crippen LogP contribution in [0.4, 0.5) is 5.95 Å². The lowest BCUT2D eigenvalue weighted by Gasteiger charge is -2.29. The largest absolute Gasteiger partial charge is 0.350 e. The van der Waals surface area contributed by atoms with E-state index in [-0.39, 0.29) is 0 Å². The van der Waals surface area contributed by atoms with E-state index in [1.165, 1.54) is 32.4 Å². The predicted molar refractivity (Wildman–Crippen MR) is 84.2 cm³/mol. The van der Waals surface area contributed by atoms with Crippen molar-refractivity contribution in [2.75, 3.05) is 25.0 Å². The van der Waals surface area contributed by atoms with Crippen LogP contribution in [0.15, 0.2) is 6.07 Å². The van der Waals surface area contributed by atoms with E-state index in [9.17, 15) is 0 Å². The second kappa shape index (κ2) is 7.02. The van der Waals surface area contributed by atoms with Crippen LogP contribution in [-0.4, -0.2) is 40.5 Å². The van der Waals surface area contributed by atoms with Gasteiger partial charge in [0.05, 0.1) is 0 Å². The van der Waals surface area contributed by atoms with E-state index in [1.54, 1.807) is 0 Å². The fraction of sp³-hybridized carbons (Fsp3) is 0.750. The zero-order chi connectivity index (χ0) is 14.5. The predicted octanol–water partition coefficient (Wildman–Crippen LogP) is 3.19. The Bertz CT molecular complexity index is 424. The molecule has 0 radical (unpaired) electrons. The smallest absolute Gasteiger partial charge is 0.223 e. The van der Waals surface area contributed by atoms with Gasteiger partial charge in [-0.25, -0.2) is 9.97 Å². The van der Waals surface area contributed by atoms with Gasteiger partial charge in [-0.2, -0.15) is 0 Å². The summed E-state index contributed by atoms with van der Waals surface area (Å²) in [6.45, 7) is 12.1. The molecular weight excluding hydrogens is 248 g/mol. The Hall–Kier alpha value is -1.16. The number of hydrogen-bond acceptors (Lipinski definition) is 4. The average Bonchev–Trinajstić information content (AvgIpc) is 2.38. The van der Waals surface area contributed by atoms with E-state index in [0.29, 0.717) is 12.0 Å². The molecule has 1 aromatic rings. The van der Waals surface area contributed by atoms with Gasteiger partial charge < -0.3 is 10.2 Å². The van der Waals surface area contributed by atoms with Crippen LogP contribution >= 0.6 is 0 Å². The number of rotatable bonds is 5. The molecule has 0 aromatic carbocycles. The number of anilines is 1. The Labute approximate surface area is 123 Å². The maximum Gasteiger partial charge on any atom is 0.223 e. The molecule has 4 nitrogen and oxygen atoms in total. The SMILES string of the molecule is Cc1cc(C(C)C)nc(NC(C)CN2CCCCC2)n1. The summed E-state index contributed by atoms with van der Waals surface area (Å²) in [6, 6.07) is 2.46. The number of aryl methyl sites for hydroxylation is 1. The molecule has 0 amide bonds. The Morgan fingerprint density at radius 2 is 1.85 bits per heavy atom. The number of hydrogen-bond donors (Lipinski definition) is 1. The third kappa shape index (κ3) is 4.44. The molecule has 0 aliphatic carbocycles. The van der Waals surface area contributed by atoms with E-state index in [4.69, 9.17) is 0 Å². The van der Waals surface area contributed by atoms with Crippen molar-refractivity contribution < 1.29 is 0 Å². The summed E-state index contributed by atoms with van der Waals surface area (Å²) in [6.07, 6.45) is 4.06. The van der Waals surface area contributed by atoms with Crippen LogP contribution in [0.5, 0.6) is 0 Å². The maximum absolute atomic E-state index is 4.63. The van der Waals surface area contributed by atoms with Crippen molar-refractivity contribution in [2.45, 2.75) is 58.9 Å².